The van der Waals surface area contributed by atoms with Gasteiger partial charge < -0.3 is 19.9 Å². The van der Waals surface area contributed by atoms with Gasteiger partial charge in [-0.25, -0.2) is 9.97 Å². The minimum absolute atomic E-state index is 0.599. The highest BCUT2D eigenvalue weighted by atomic mass is 32.1. The van der Waals surface area contributed by atoms with Crippen LogP contribution in [0.3, 0.4) is 0 Å². The summed E-state index contributed by atoms with van der Waals surface area (Å²) < 4.78 is 5.60. The fourth-order valence-electron chi connectivity index (χ4n) is 4.68. The van der Waals surface area contributed by atoms with Gasteiger partial charge in [-0.3, -0.25) is 4.90 Å². The standard InChI is InChI=1S/C24H25N7OS/c25-14-16-11-19(18-1-2-27-21(18)12-16)22-28-23(31-7-9-32-10-8-31)20-13-17(33-24(20)29-22)15-30-5-3-26-4-6-30/h1-2,11-13,26-27H,3-10,15H2. The first-order valence-corrected chi connectivity index (χ1v) is 12.2. The Labute approximate surface area is 195 Å². The van der Waals surface area contributed by atoms with E-state index >= 15 is 0 Å². The van der Waals surface area contributed by atoms with E-state index in [9.17, 15) is 5.26 Å². The molecule has 0 radical (unpaired) electrons. The number of piperazine rings is 1. The number of hydrogen-bond acceptors (Lipinski definition) is 8. The highest BCUT2D eigenvalue weighted by Gasteiger charge is 2.22. The van der Waals surface area contributed by atoms with Crippen LogP contribution in [-0.4, -0.2) is 72.3 Å². The molecule has 1 aromatic carbocycles. The second-order valence-electron chi connectivity index (χ2n) is 8.50. The maximum absolute atomic E-state index is 9.56. The lowest BCUT2D eigenvalue weighted by Gasteiger charge is -2.28. The summed E-state index contributed by atoms with van der Waals surface area (Å²) in [6.07, 6.45) is 1.90. The van der Waals surface area contributed by atoms with Gasteiger partial charge in [-0.15, -0.1) is 11.3 Å². The molecule has 4 aromatic rings. The van der Waals surface area contributed by atoms with Gasteiger partial charge in [-0.1, -0.05) is 0 Å². The number of nitrogens with one attached hydrogen (secondary N) is 2. The first-order valence-electron chi connectivity index (χ1n) is 11.4. The number of aromatic nitrogens is 3. The number of hydrogen-bond donors (Lipinski definition) is 2. The van der Waals surface area contributed by atoms with E-state index in [0.717, 1.165) is 78.3 Å². The van der Waals surface area contributed by atoms with Crippen molar-refractivity contribution < 1.29 is 4.74 Å². The normalized spacial score (nSPS) is 17.6. The van der Waals surface area contributed by atoms with Crippen molar-refractivity contribution in [2.24, 2.45) is 0 Å². The van der Waals surface area contributed by atoms with Gasteiger partial charge in [0.05, 0.1) is 30.2 Å². The lowest BCUT2D eigenvalue weighted by atomic mass is 10.1. The predicted octanol–water partition coefficient (Wildman–Crippen LogP) is 2.95. The van der Waals surface area contributed by atoms with Gasteiger partial charge >= 0.3 is 0 Å². The number of morpholine rings is 1. The molecule has 2 aliphatic heterocycles. The number of benzene rings is 1. The summed E-state index contributed by atoms with van der Waals surface area (Å²) >= 11 is 1.75. The highest BCUT2D eigenvalue weighted by molar-refractivity contribution is 7.18. The quantitative estimate of drug-likeness (QED) is 0.485. The van der Waals surface area contributed by atoms with Crippen molar-refractivity contribution in [1.82, 2.24) is 25.2 Å². The van der Waals surface area contributed by atoms with Gasteiger partial charge in [0, 0.05) is 73.4 Å². The molecule has 3 aromatic heterocycles. The Bertz CT molecular complexity index is 1340. The molecule has 2 saturated heterocycles. The summed E-state index contributed by atoms with van der Waals surface area (Å²) in [6.45, 7) is 8.16. The van der Waals surface area contributed by atoms with Gasteiger partial charge in [0.25, 0.3) is 0 Å². The number of rotatable bonds is 4. The summed E-state index contributed by atoms with van der Waals surface area (Å²) in [4.78, 5) is 20.4. The van der Waals surface area contributed by atoms with Gasteiger partial charge in [0.1, 0.15) is 10.6 Å². The zero-order valence-corrected chi connectivity index (χ0v) is 19.1. The van der Waals surface area contributed by atoms with Gasteiger partial charge in [-0.05, 0) is 24.3 Å². The first kappa shape index (κ1) is 20.6. The van der Waals surface area contributed by atoms with Crippen LogP contribution in [0.2, 0.25) is 0 Å². The Balaban J connectivity index is 1.49. The van der Waals surface area contributed by atoms with Gasteiger partial charge in [0.15, 0.2) is 5.82 Å². The lowest BCUT2D eigenvalue weighted by Crippen LogP contribution is -2.42. The van der Waals surface area contributed by atoms with Crippen LogP contribution in [0.4, 0.5) is 5.82 Å². The Morgan fingerprint density at radius 1 is 1.06 bits per heavy atom. The predicted molar refractivity (Wildman–Crippen MR) is 131 cm³/mol. The van der Waals surface area contributed by atoms with Crippen LogP contribution >= 0.6 is 11.3 Å². The van der Waals surface area contributed by atoms with E-state index in [1.54, 1.807) is 11.3 Å². The van der Waals surface area contributed by atoms with Crippen molar-refractivity contribution in [2.45, 2.75) is 6.54 Å². The molecule has 33 heavy (non-hydrogen) atoms. The van der Waals surface area contributed by atoms with Crippen LogP contribution in [-0.2, 0) is 11.3 Å². The molecule has 0 bridgehead atoms. The molecular weight excluding hydrogens is 434 g/mol. The Morgan fingerprint density at radius 3 is 2.73 bits per heavy atom. The number of ether oxygens (including phenoxy) is 1. The number of anilines is 1. The summed E-state index contributed by atoms with van der Waals surface area (Å²) in [6, 6.07) is 10.3. The molecule has 5 heterocycles. The van der Waals surface area contributed by atoms with Crippen LogP contribution in [0.15, 0.2) is 30.5 Å². The van der Waals surface area contributed by atoms with Crippen LogP contribution < -0.4 is 10.2 Å². The van der Waals surface area contributed by atoms with E-state index in [1.165, 1.54) is 4.88 Å². The number of aromatic amines is 1. The minimum Gasteiger partial charge on any atom is -0.378 e. The Morgan fingerprint density at radius 2 is 1.91 bits per heavy atom. The molecule has 2 aliphatic rings. The lowest BCUT2D eigenvalue weighted by molar-refractivity contribution is 0.122. The smallest absolute Gasteiger partial charge is 0.163 e. The number of H-pyrrole nitrogens is 1. The zero-order valence-electron chi connectivity index (χ0n) is 18.3. The topological polar surface area (TPSA) is 93.1 Å². The molecule has 2 fully saturated rings. The molecular formula is C24H25N7OS. The first-order chi connectivity index (χ1) is 16.3. The van der Waals surface area contributed by atoms with E-state index in [4.69, 9.17) is 14.7 Å². The molecule has 0 spiro atoms. The highest BCUT2D eigenvalue weighted by Crippen LogP contribution is 2.36. The summed E-state index contributed by atoms with van der Waals surface area (Å²) in [7, 11) is 0. The molecule has 2 N–H and O–H groups in total. The van der Waals surface area contributed by atoms with Crippen LogP contribution in [0.5, 0.6) is 0 Å². The number of nitrogens with zero attached hydrogens (tertiary/aromatic N) is 5. The zero-order chi connectivity index (χ0) is 22.2. The second kappa shape index (κ2) is 8.72. The Hall–Kier alpha value is -3.03. The molecule has 9 heteroatoms. The van der Waals surface area contributed by atoms with Crippen LogP contribution in [0, 0.1) is 11.3 Å². The molecule has 0 aliphatic carbocycles. The van der Waals surface area contributed by atoms with Gasteiger partial charge in [0.2, 0.25) is 0 Å². The van der Waals surface area contributed by atoms with Gasteiger partial charge in [-0.2, -0.15) is 5.26 Å². The summed E-state index contributed by atoms with van der Waals surface area (Å²) in [5.41, 5.74) is 2.41. The maximum Gasteiger partial charge on any atom is 0.163 e. The van der Waals surface area contributed by atoms with E-state index in [-0.39, 0.29) is 0 Å². The fraction of sp³-hybridized carbons (Fsp3) is 0.375. The van der Waals surface area contributed by atoms with E-state index in [1.807, 2.05) is 24.4 Å². The van der Waals surface area contributed by atoms with Crippen molar-refractivity contribution in [1.29, 1.82) is 5.26 Å². The van der Waals surface area contributed by atoms with Crippen LogP contribution in [0.1, 0.15) is 10.4 Å². The molecule has 0 saturated carbocycles. The maximum atomic E-state index is 9.56. The van der Waals surface area contributed by atoms with E-state index < -0.39 is 0 Å². The van der Waals surface area contributed by atoms with E-state index in [0.29, 0.717) is 24.6 Å². The SMILES string of the molecule is N#Cc1cc(-c2nc(N3CCOCC3)c3cc(CN4CCNCC4)sc3n2)c2cc[nH]c2c1. The second-order valence-corrected chi connectivity index (χ2v) is 9.62. The molecule has 6 rings (SSSR count). The average molecular weight is 460 g/mol. The molecule has 8 nitrogen and oxygen atoms in total. The van der Waals surface area contributed by atoms with Crippen molar-refractivity contribution in [3.05, 3.63) is 40.9 Å². The summed E-state index contributed by atoms with van der Waals surface area (Å²) in [5.74, 6) is 1.63. The third-order valence-electron chi connectivity index (χ3n) is 6.36. The average Bonchev–Trinajstić information content (AvgIpc) is 3.50. The molecule has 168 valence electrons. The summed E-state index contributed by atoms with van der Waals surface area (Å²) in [5, 5.41) is 15.1. The third-order valence-corrected chi connectivity index (χ3v) is 7.38. The number of fused-ring (bicyclic) bond motifs is 2. The van der Waals surface area contributed by atoms with Crippen molar-refractivity contribution in [3.63, 3.8) is 0 Å². The third kappa shape index (κ3) is 3.96. The van der Waals surface area contributed by atoms with Crippen molar-refractivity contribution >= 4 is 38.3 Å². The van der Waals surface area contributed by atoms with Crippen molar-refractivity contribution in [2.75, 3.05) is 57.4 Å². The number of thiophene rings is 1. The monoisotopic (exact) mass is 459 g/mol. The number of nitriles is 1. The van der Waals surface area contributed by atoms with Crippen molar-refractivity contribution in [3.8, 4) is 17.5 Å². The largest absolute Gasteiger partial charge is 0.378 e. The molecule has 0 atom stereocenters. The van der Waals surface area contributed by atoms with E-state index in [2.05, 4.69) is 32.2 Å². The fourth-order valence-corrected chi connectivity index (χ4v) is 5.74. The minimum atomic E-state index is 0.599. The van der Waals surface area contributed by atoms with Crippen LogP contribution in [0.25, 0.3) is 32.5 Å². The Kier molecular flexibility index (Phi) is 5.44. The molecule has 0 amide bonds. The molecule has 0 unspecified atom stereocenters.